The fourth-order valence-electron chi connectivity index (χ4n) is 3.47. The number of fused-ring (bicyclic) bond motifs is 2. The summed E-state index contributed by atoms with van der Waals surface area (Å²) < 4.78 is 6.50. The van der Waals surface area contributed by atoms with Crippen molar-refractivity contribution in [1.82, 2.24) is 19.4 Å². The van der Waals surface area contributed by atoms with Gasteiger partial charge in [0.2, 0.25) is 0 Å². The van der Waals surface area contributed by atoms with Crippen LogP contribution in [0.3, 0.4) is 0 Å². The average Bonchev–Trinajstić information content (AvgIpc) is 3.01. The molecule has 1 aliphatic rings. The van der Waals surface area contributed by atoms with Gasteiger partial charge in [0.05, 0.1) is 28.6 Å². The lowest BCUT2D eigenvalue weighted by Gasteiger charge is -2.14. The van der Waals surface area contributed by atoms with Crippen LogP contribution in [-0.2, 0) is 11.3 Å². The second-order valence-corrected chi connectivity index (χ2v) is 6.95. The maximum absolute atomic E-state index is 12.4. The molecule has 2 aromatic heterocycles. The number of esters is 1. The predicted octanol–water partition coefficient (Wildman–Crippen LogP) is 0.948. The number of hydrogen-bond acceptors (Lipinski definition) is 7. The van der Waals surface area contributed by atoms with E-state index in [2.05, 4.69) is 9.97 Å². The number of hydrogen-bond donors (Lipinski definition) is 1. The molecule has 3 heterocycles. The number of rotatable bonds is 6. The summed E-state index contributed by atoms with van der Waals surface area (Å²) in [5, 5.41) is 0.0860. The fourth-order valence-corrected chi connectivity index (χ4v) is 3.47. The van der Waals surface area contributed by atoms with Gasteiger partial charge in [-0.1, -0.05) is 19.1 Å². The predicted molar refractivity (Wildman–Crippen MR) is 109 cm³/mol. The molecule has 158 valence electrons. The average molecular weight is 422 g/mol. The number of aromatic amines is 1. The minimum Gasteiger partial charge on any atom is -0.460 e. The third-order valence-electron chi connectivity index (χ3n) is 4.94. The number of ether oxygens (including phenoxy) is 1. The number of benzene rings is 1. The Morgan fingerprint density at radius 1 is 1.06 bits per heavy atom. The first-order chi connectivity index (χ1) is 14.9. The highest BCUT2D eigenvalue weighted by atomic mass is 16.5. The van der Waals surface area contributed by atoms with Crippen LogP contribution in [0.15, 0.2) is 46.1 Å². The summed E-state index contributed by atoms with van der Waals surface area (Å²) in [6.45, 7) is 1.93. The number of imide groups is 1. The molecule has 0 radical (unpaired) electrons. The second kappa shape index (κ2) is 7.98. The van der Waals surface area contributed by atoms with Gasteiger partial charge in [-0.3, -0.25) is 28.8 Å². The van der Waals surface area contributed by atoms with Crippen LogP contribution in [0.1, 0.15) is 44.4 Å². The summed E-state index contributed by atoms with van der Waals surface area (Å²) >= 11 is 0. The van der Waals surface area contributed by atoms with Crippen LogP contribution in [0.5, 0.6) is 0 Å². The van der Waals surface area contributed by atoms with Crippen LogP contribution >= 0.6 is 0 Å². The number of amides is 2. The number of nitrogens with zero attached hydrogens (tertiary/aromatic N) is 3. The van der Waals surface area contributed by atoms with E-state index in [0.29, 0.717) is 24.1 Å². The van der Waals surface area contributed by atoms with E-state index in [1.54, 1.807) is 24.3 Å². The Bertz CT molecular complexity index is 1300. The van der Waals surface area contributed by atoms with Crippen molar-refractivity contribution < 1.29 is 19.1 Å². The molecule has 1 aliphatic heterocycles. The smallest absolute Gasteiger partial charge is 0.339 e. The van der Waals surface area contributed by atoms with Crippen LogP contribution in [0.2, 0.25) is 0 Å². The summed E-state index contributed by atoms with van der Waals surface area (Å²) in [5.41, 5.74) is -0.395. The first-order valence-corrected chi connectivity index (χ1v) is 9.67. The standard InChI is InChI=1S/C21H18N4O6/c1-2-7-24-16-15(17(26)23-21(24)30)10-12(11-22-16)20(29)31-9-8-25-18(27)13-5-3-4-6-14(13)19(25)28/h3-6,10-11H,2,7-9H2,1H3,(H,23,26,30). The lowest BCUT2D eigenvalue weighted by atomic mass is 10.1. The zero-order valence-electron chi connectivity index (χ0n) is 16.6. The van der Waals surface area contributed by atoms with Crippen LogP contribution in [-0.4, -0.2) is 50.4 Å². The number of carbonyl (C=O) groups excluding carboxylic acids is 3. The molecule has 0 atom stereocenters. The van der Waals surface area contributed by atoms with Crippen molar-refractivity contribution in [2.24, 2.45) is 0 Å². The highest BCUT2D eigenvalue weighted by Gasteiger charge is 2.34. The first-order valence-electron chi connectivity index (χ1n) is 9.67. The van der Waals surface area contributed by atoms with Crippen molar-refractivity contribution in [1.29, 1.82) is 0 Å². The number of carbonyl (C=O) groups is 3. The molecule has 10 nitrogen and oxygen atoms in total. The van der Waals surface area contributed by atoms with Gasteiger partial charge in [0.25, 0.3) is 17.4 Å². The van der Waals surface area contributed by atoms with Gasteiger partial charge in [-0.15, -0.1) is 0 Å². The van der Waals surface area contributed by atoms with Crippen molar-refractivity contribution in [2.75, 3.05) is 13.2 Å². The summed E-state index contributed by atoms with van der Waals surface area (Å²) in [6.07, 6.45) is 1.88. The van der Waals surface area contributed by atoms with Gasteiger partial charge in [-0.05, 0) is 24.6 Å². The third kappa shape index (κ3) is 3.52. The number of aryl methyl sites for hydroxylation is 1. The maximum Gasteiger partial charge on any atom is 0.339 e. The van der Waals surface area contributed by atoms with Gasteiger partial charge in [-0.25, -0.2) is 14.6 Å². The highest BCUT2D eigenvalue weighted by Crippen LogP contribution is 2.22. The zero-order valence-corrected chi connectivity index (χ0v) is 16.6. The summed E-state index contributed by atoms with van der Waals surface area (Å²) in [6, 6.07) is 7.77. The van der Waals surface area contributed by atoms with Crippen molar-refractivity contribution in [2.45, 2.75) is 19.9 Å². The second-order valence-electron chi connectivity index (χ2n) is 6.95. The van der Waals surface area contributed by atoms with Crippen LogP contribution in [0.4, 0.5) is 0 Å². The van der Waals surface area contributed by atoms with Crippen LogP contribution in [0, 0.1) is 0 Å². The molecule has 10 heteroatoms. The molecule has 0 spiro atoms. The van der Waals surface area contributed by atoms with Gasteiger partial charge in [0, 0.05) is 12.7 Å². The van der Waals surface area contributed by atoms with Gasteiger partial charge in [0.1, 0.15) is 12.3 Å². The number of H-pyrrole nitrogens is 1. The Labute approximate surface area is 175 Å². The van der Waals surface area contributed by atoms with E-state index in [1.165, 1.54) is 16.8 Å². The zero-order chi connectivity index (χ0) is 22.1. The van der Waals surface area contributed by atoms with Crippen molar-refractivity contribution in [3.63, 3.8) is 0 Å². The molecule has 3 aromatic rings. The third-order valence-corrected chi connectivity index (χ3v) is 4.94. The molecule has 0 saturated heterocycles. The molecule has 4 rings (SSSR count). The molecule has 0 unspecified atom stereocenters. The summed E-state index contributed by atoms with van der Waals surface area (Å²) in [5.74, 6) is -1.65. The van der Waals surface area contributed by atoms with E-state index in [0.717, 1.165) is 4.90 Å². The molecule has 0 aliphatic carbocycles. The monoisotopic (exact) mass is 422 g/mol. The van der Waals surface area contributed by atoms with Crippen molar-refractivity contribution in [3.8, 4) is 0 Å². The molecule has 0 saturated carbocycles. The van der Waals surface area contributed by atoms with Gasteiger partial charge < -0.3 is 4.74 Å². The topological polar surface area (TPSA) is 131 Å². The Balaban J connectivity index is 1.48. The van der Waals surface area contributed by atoms with Gasteiger partial charge in [-0.2, -0.15) is 0 Å². The lowest BCUT2D eigenvalue weighted by Crippen LogP contribution is -2.33. The SMILES string of the molecule is CCCn1c(=O)[nH]c(=O)c2cc(C(=O)OCCN3C(=O)c4ccccc4C3=O)cnc21. The molecule has 0 bridgehead atoms. The summed E-state index contributed by atoms with van der Waals surface area (Å²) in [4.78, 5) is 68.5. The Kier molecular flexibility index (Phi) is 5.20. The molecular weight excluding hydrogens is 404 g/mol. The van der Waals surface area contributed by atoms with E-state index >= 15 is 0 Å². The Hall–Kier alpha value is -4.08. The summed E-state index contributed by atoms with van der Waals surface area (Å²) in [7, 11) is 0. The molecule has 1 aromatic carbocycles. The number of pyridine rings is 1. The molecule has 0 fully saturated rings. The quantitative estimate of drug-likeness (QED) is 0.462. The fraction of sp³-hybridized carbons (Fsp3) is 0.238. The molecule has 31 heavy (non-hydrogen) atoms. The molecule has 2 amide bonds. The van der Waals surface area contributed by atoms with E-state index < -0.39 is 29.0 Å². The largest absolute Gasteiger partial charge is 0.460 e. The minimum absolute atomic E-state index is 0.0158. The maximum atomic E-state index is 12.4. The van der Waals surface area contributed by atoms with Gasteiger partial charge >= 0.3 is 11.7 Å². The Morgan fingerprint density at radius 2 is 1.74 bits per heavy atom. The first kappa shape index (κ1) is 20.2. The van der Waals surface area contributed by atoms with Crippen LogP contribution in [0.25, 0.3) is 11.0 Å². The molecule has 1 N–H and O–H groups in total. The Morgan fingerprint density at radius 3 is 2.39 bits per heavy atom. The van der Waals surface area contributed by atoms with Crippen molar-refractivity contribution >= 4 is 28.8 Å². The number of nitrogens with one attached hydrogen (secondary N) is 1. The van der Waals surface area contributed by atoms with Crippen LogP contribution < -0.4 is 11.2 Å². The lowest BCUT2D eigenvalue weighted by molar-refractivity contribution is 0.0420. The van der Waals surface area contributed by atoms with E-state index in [4.69, 9.17) is 4.74 Å². The minimum atomic E-state index is -0.765. The van der Waals surface area contributed by atoms with Crippen molar-refractivity contribution in [3.05, 3.63) is 74.1 Å². The van der Waals surface area contributed by atoms with E-state index in [1.807, 2.05) is 6.92 Å². The van der Waals surface area contributed by atoms with E-state index in [9.17, 15) is 24.0 Å². The van der Waals surface area contributed by atoms with Gasteiger partial charge in [0.15, 0.2) is 0 Å². The highest BCUT2D eigenvalue weighted by molar-refractivity contribution is 6.21. The normalized spacial score (nSPS) is 13.0. The number of aromatic nitrogens is 3. The molecular formula is C21H18N4O6. The van der Waals surface area contributed by atoms with E-state index in [-0.39, 0.29) is 29.7 Å².